The van der Waals surface area contributed by atoms with Crippen molar-refractivity contribution in [1.29, 1.82) is 0 Å². The summed E-state index contributed by atoms with van der Waals surface area (Å²) in [5.74, 6) is 0.628. The quantitative estimate of drug-likeness (QED) is 0.893. The minimum absolute atomic E-state index is 0.628. The highest BCUT2D eigenvalue weighted by Crippen LogP contribution is 2.29. The molecule has 0 bridgehead atoms. The highest BCUT2D eigenvalue weighted by molar-refractivity contribution is 9.13. The normalized spacial score (nSPS) is 12.2. The molecule has 1 heterocycles. The van der Waals surface area contributed by atoms with Gasteiger partial charge in [-0.05, 0) is 55.6 Å². The van der Waals surface area contributed by atoms with Gasteiger partial charge in [0.15, 0.2) is 0 Å². The zero-order chi connectivity index (χ0) is 13.1. The van der Waals surface area contributed by atoms with Crippen molar-refractivity contribution in [2.24, 2.45) is 0 Å². The van der Waals surface area contributed by atoms with Gasteiger partial charge in [0, 0.05) is 20.7 Å². The minimum Gasteiger partial charge on any atom is -0.495 e. The first-order valence-electron chi connectivity index (χ1n) is 5.24. The molecular weight excluding hydrogens is 362 g/mol. The molecule has 0 aliphatic rings. The Hall–Kier alpha value is -0.910. The molecule has 0 radical (unpaired) electrons. The summed E-state index contributed by atoms with van der Waals surface area (Å²) in [5.41, 5.74) is 1.49. The van der Waals surface area contributed by atoms with E-state index in [4.69, 9.17) is 4.74 Å². The van der Waals surface area contributed by atoms with Crippen molar-refractivity contribution in [3.05, 3.63) is 56.7 Å². The summed E-state index contributed by atoms with van der Waals surface area (Å²) in [4.78, 5) is 4.04. The second kappa shape index (κ2) is 5.82. The maximum atomic E-state index is 10.3. The van der Waals surface area contributed by atoms with Crippen molar-refractivity contribution in [3.8, 4) is 5.75 Å². The predicted octanol–water partition coefficient (Wildman–Crippen LogP) is 3.70. The number of aliphatic hydroxyl groups is 1. The Morgan fingerprint density at radius 1 is 1.11 bits per heavy atom. The third-order valence-electron chi connectivity index (χ3n) is 2.55. The van der Waals surface area contributed by atoms with Crippen LogP contribution in [0.1, 0.15) is 17.2 Å². The fourth-order valence-electron chi connectivity index (χ4n) is 1.57. The van der Waals surface area contributed by atoms with E-state index in [9.17, 15) is 5.11 Å². The second-order valence-electron chi connectivity index (χ2n) is 3.73. The average molecular weight is 373 g/mol. The Balaban J connectivity index is 2.34. The van der Waals surface area contributed by atoms with E-state index >= 15 is 0 Å². The van der Waals surface area contributed by atoms with Gasteiger partial charge in [0.05, 0.1) is 13.3 Å². The van der Waals surface area contributed by atoms with E-state index in [1.807, 2.05) is 18.2 Å². The number of hydrogen-bond donors (Lipinski definition) is 1. The van der Waals surface area contributed by atoms with Crippen LogP contribution in [0.4, 0.5) is 0 Å². The van der Waals surface area contributed by atoms with Gasteiger partial charge in [0.1, 0.15) is 11.9 Å². The third-order valence-corrected chi connectivity index (χ3v) is 4.42. The van der Waals surface area contributed by atoms with Crippen LogP contribution >= 0.6 is 31.9 Å². The summed E-state index contributed by atoms with van der Waals surface area (Å²) in [7, 11) is 1.57. The van der Waals surface area contributed by atoms with Crippen molar-refractivity contribution in [2.75, 3.05) is 7.11 Å². The highest BCUT2D eigenvalue weighted by atomic mass is 79.9. The second-order valence-corrected chi connectivity index (χ2v) is 5.44. The van der Waals surface area contributed by atoms with Crippen LogP contribution in [0, 0.1) is 0 Å². The molecule has 0 saturated carbocycles. The summed E-state index contributed by atoms with van der Waals surface area (Å²) in [6.45, 7) is 0. The molecule has 0 aliphatic carbocycles. The third kappa shape index (κ3) is 2.91. The van der Waals surface area contributed by atoms with E-state index in [2.05, 4.69) is 36.8 Å². The molecule has 18 heavy (non-hydrogen) atoms. The highest BCUT2D eigenvalue weighted by Gasteiger charge is 2.12. The van der Waals surface area contributed by atoms with E-state index in [1.165, 1.54) is 0 Å². The van der Waals surface area contributed by atoms with E-state index in [0.29, 0.717) is 11.3 Å². The topological polar surface area (TPSA) is 42.4 Å². The summed E-state index contributed by atoms with van der Waals surface area (Å²) in [5, 5.41) is 10.3. The van der Waals surface area contributed by atoms with Gasteiger partial charge in [0.25, 0.3) is 0 Å². The Labute approximate surface area is 122 Å². The Bertz CT molecular complexity index is 560. The van der Waals surface area contributed by atoms with Crippen LogP contribution in [0.2, 0.25) is 0 Å². The van der Waals surface area contributed by atoms with Crippen LogP contribution in [-0.2, 0) is 0 Å². The molecule has 1 aromatic carbocycles. The Morgan fingerprint density at radius 2 is 1.89 bits per heavy atom. The van der Waals surface area contributed by atoms with Crippen molar-refractivity contribution in [1.82, 2.24) is 4.98 Å². The first-order chi connectivity index (χ1) is 8.61. The van der Waals surface area contributed by atoms with Crippen molar-refractivity contribution in [2.45, 2.75) is 6.10 Å². The van der Waals surface area contributed by atoms with Crippen molar-refractivity contribution in [3.63, 3.8) is 0 Å². The molecule has 3 nitrogen and oxygen atoms in total. The van der Waals surface area contributed by atoms with Crippen LogP contribution in [0.3, 0.4) is 0 Å². The molecule has 0 fully saturated rings. The van der Waals surface area contributed by atoms with Gasteiger partial charge < -0.3 is 9.84 Å². The first-order valence-corrected chi connectivity index (χ1v) is 6.82. The SMILES string of the molecule is COc1cncc(C(O)c2ccc(Br)c(Br)c2)c1. The molecule has 1 unspecified atom stereocenters. The van der Waals surface area contributed by atoms with Crippen LogP contribution in [0.15, 0.2) is 45.6 Å². The van der Waals surface area contributed by atoms with E-state index in [-0.39, 0.29) is 0 Å². The van der Waals surface area contributed by atoms with Gasteiger partial charge in [-0.3, -0.25) is 4.98 Å². The van der Waals surface area contributed by atoms with Crippen LogP contribution < -0.4 is 4.74 Å². The van der Waals surface area contributed by atoms with E-state index < -0.39 is 6.10 Å². The first kappa shape index (κ1) is 13.5. The lowest BCUT2D eigenvalue weighted by Gasteiger charge is -2.12. The number of rotatable bonds is 3. The van der Waals surface area contributed by atoms with Gasteiger partial charge in [-0.2, -0.15) is 0 Å². The minimum atomic E-state index is -0.725. The zero-order valence-corrected chi connectivity index (χ0v) is 12.8. The van der Waals surface area contributed by atoms with Crippen LogP contribution in [0.5, 0.6) is 5.75 Å². The number of hydrogen-bond acceptors (Lipinski definition) is 3. The number of pyridine rings is 1. The van der Waals surface area contributed by atoms with Gasteiger partial charge >= 0.3 is 0 Å². The number of ether oxygens (including phenoxy) is 1. The molecule has 1 atom stereocenters. The smallest absolute Gasteiger partial charge is 0.137 e. The lowest BCUT2D eigenvalue weighted by Crippen LogP contribution is -2.01. The standard InChI is InChI=1S/C13H11Br2NO2/c1-18-10-4-9(6-16-7-10)13(17)8-2-3-11(14)12(15)5-8/h2-7,13,17H,1H3. The van der Waals surface area contributed by atoms with Gasteiger partial charge in [-0.25, -0.2) is 0 Å². The maximum absolute atomic E-state index is 10.3. The molecule has 0 saturated heterocycles. The van der Waals surface area contributed by atoms with Crippen LogP contribution in [-0.4, -0.2) is 17.2 Å². The maximum Gasteiger partial charge on any atom is 0.137 e. The summed E-state index contributed by atoms with van der Waals surface area (Å²) in [6, 6.07) is 7.39. The molecule has 94 valence electrons. The number of aromatic nitrogens is 1. The van der Waals surface area contributed by atoms with Crippen LogP contribution in [0.25, 0.3) is 0 Å². The van der Waals surface area contributed by atoms with Gasteiger partial charge in [0.2, 0.25) is 0 Å². The number of methoxy groups -OCH3 is 1. The van der Waals surface area contributed by atoms with E-state index in [0.717, 1.165) is 14.5 Å². The number of benzene rings is 1. The fraction of sp³-hybridized carbons (Fsp3) is 0.154. The van der Waals surface area contributed by atoms with E-state index in [1.54, 1.807) is 25.6 Å². The number of nitrogens with zero attached hydrogens (tertiary/aromatic N) is 1. The lowest BCUT2D eigenvalue weighted by atomic mass is 10.0. The Kier molecular flexibility index (Phi) is 4.37. The molecule has 0 spiro atoms. The molecule has 5 heteroatoms. The Morgan fingerprint density at radius 3 is 2.56 bits per heavy atom. The molecule has 2 rings (SSSR count). The van der Waals surface area contributed by atoms with Crippen molar-refractivity contribution >= 4 is 31.9 Å². The van der Waals surface area contributed by atoms with Gasteiger partial charge in [-0.15, -0.1) is 0 Å². The lowest BCUT2D eigenvalue weighted by molar-refractivity contribution is 0.219. The molecule has 0 amide bonds. The summed E-state index contributed by atoms with van der Waals surface area (Å²) < 4.78 is 6.94. The molecule has 0 aliphatic heterocycles. The molecular formula is C13H11Br2NO2. The fourth-order valence-corrected chi connectivity index (χ4v) is 2.21. The largest absolute Gasteiger partial charge is 0.495 e. The van der Waals surface area contributed by atoms with Gasteiger partial charge in [-0.1, -0.05) is 6.07 Å². The predicted molar refractivity (Wildman–Crippen MR) is 76.7 cm³/mol. The number of aliphatic hydroxyl groups excluding tert-OH is 1. The zero-order valence-electron chi connectivity index (χ0n) is 9.60. The molecule has 1 N–H and O–H groups in total. The van der Waals surface area contributed by atoms with Crippen molar-refractivity contribution < 1.29 is 9.84 Å². The number of halogens is 2. The monoisotopic (exact) mass is 371 g/mol. The summed E-state index contributed by atoms with van der Waals surface area (Å²) >= 11 is 6.81. The average Bonchev–Trinajstić information content (AvgIpc) is 2.41. The molecule has 1 aromatic heterocycles. The summed E-state index contributed by atoms with van der Waals surface area (Å²) in [6.07, 6.45) is 2.51. The molecule has 2 aromatic rings.